The van der Waals surface area contributed by atoms with Crippen molar-refractivity contribution in [2.45, 2.75) is 59.9 Å². The molecule has 8 nitrogen and oxygen atoms in total. The Morgan fingerprint density at radius 3 is 2.73 bits per heavy atom. The van der Waals surface area contributed by atoms with E-state index < -0.39 is 0 Å². The van der Waals surface area contributed by atoms with E-state index in [2.05, 4.69) is 20.3 Å². The third-order valence-corrected chi connectivity index (χ3v) is 4.82. The highest BCUT2D eigenvalue weighted by Crippen LogP contribution is 2.24. The highest BCUT2D eigenvalue weighted by atomic mass is 16.2. The molecule has 0 unspecified atom stereocenters. The van der Waals surface area contributed by atoms with Crippen LogP contribution in [-0.4, -0.2) is 48.9 Å². The molecule has 1 N–H and O–H groups in total. The van der Waals surface area contributed by atoms with Crippen molar-refractivity contribution in [1.82, 2.24) is 29.9 Å². The van der Waals surface area contributed by atoms with Gasteiger partial charge in [0.1, 0.15) is 5.82 Å². The van der Waals surface area contributed by atoms with Crippen LogP contribution in [0.5, 0.6) is 0 Å². The minimum atomic E-state index is -0.372. The van der Waals surface area contributed by atoms with E-state index >= 15 is 0 Å². The second kappa shape index (κ2) is 6.81. The standard InChI is InChI=1S/C18H28N6O2/c1-11(2)14-19-15-13(16(25)20-14)21-22-24(15)10-12-7-6-8-23(9-12)17(26)18(3,4)5/h11-12H,6-10H2,1-5H3,(H,19,20,25)/t12-/m1/s1. The molecule has 0 aliphatic carbocycles. The van der Waals surface area contributed by atoms with Crippen LogP contribution in [0.2, 0.25) is 0 Å². The van der Waals surface area contributed by atoms with Gasteiger partial charge in [-0.2, -0.15) is 0 Å². The molecule has 3 heterocycles. The van der Waals surface area contributed by atoms with Gasteiger partial charge >= 0.3 is 0 Å². The van der Waals surface area contributed by atoms with Gasteiger partial charge in [0.2, 0.25) is 5.91 Å². The van der Waals surface area contributed by atoms with Gasteiger partial charge in [-0.15, -0.1) is 5.10 Å². The summed E-state index contributed by atoms with van der Waals surface area (Å²) in [5.41, 5.74) is 0.172. The van der Waals surface area contributed by atoms with Crippen molar-refractivity contribution in [1.29, 1.82) is 0 Å². The predicted octanol–water partition coefficient (Wildman–Crippen LogP) is 1.92. The van der Waals surface area contributed by atoms with Gasteiger partial charge < -0.3 is 9.88 Å². The molecular weight excluding hydrogens is 332 g/mol. The van der Waals surface area contributed by atoms with E-state index in [9.17, 15) is 9.59 Å². The number of carbonyl (C=O) groups excluding carboxylic acids is 1. The largest absolute Gasteiger partial charge is 0.342 e. The summed E-state index contributed by atoms with van der Waals surface area (Å²) in [5, 5.41) is 8.15. The van der Waals surface area contributed by atoms with Crippen LogP contribution < -0.4 is 5.56 Å². The minimum Gasteiger partial charge on any atom is -0.342 e. The lowest BCUT2D eigenvalue weighted by atomic mass is 9.91. The van der Waals surface area contributed by atoms with Gasteiger partial charge in [0.05, 0.1) is 0 Å². The summed E-state index contributed by atoms with van der Waals surface area (Å²) in [5.74, 6) is 1.22. The van der Waals surface area contributed by atoms with Crippen molar-refractivity contribution in [3.05, 3.63) is 16.2 Å². The molecule has 8 heteroatoms. The number of aromatic amines is 1. The van der Waals surface area contributed by atoms with E-state index in [-0.39, 0.29) is 34.2 Å². The molecule has 0 aromatic carbocycles. The Balaban J connectivity index is 1.82. The molecule has 1 fully saturated rings. The number of H-pyrrole nitrogens is 1. The van der Waals surface area contributed by atoms with Crippen molar-refractivity contribution in [3.63, 3.8) is 0 Å². The molecule has 0 spiro atoms. The number of aromatic nitrogens is 5. The maximum atomic E-state index is 12.6. The second-order valence-corrected chi connectivity index (χ2v) is 8.56. The fraction of sp³-hybridized carbons (Fsp3) is 0.722. The van der Waals surface area contributed by atoms with Crippen molar-refractivity contribution < 1.29 is 4.79 Å². The van der Waals surface area contributed by atoms with Gasteiger partial charge in [0.15, 0.2) is 11.2 Å². The van der Waals surface area contributed by atoms with Crippen molar-refractivity contribution in [2.75, 3.05) is 13.1 Å². The first-order valence-electron chi connectivity index (χ1n) is 9.29. The average molecular weight is 360 g/mol. The summed E-state index contributed by atoms with van der Waals surface area (Å²) < 4.78 is 1.71. The van der Waals surface area contributed by atoms with Crippen LogP contribution in [0.4, 0.5) is 0 Å². The van der Waals surface area contributed by atoms with Crippen LogP contribution in [0, 0.1) is 11.3 Å². The molecule has 1 aliphatic rings. The molecule has 0 bridgehead atoms. The maximum absolute atomic E-state index is 12.6. The fourth-order valence-electron chi connectivity index (χ4n) is 3.40. The van der Waals surface area contributed by atoms with E-state index in [1.54, 1.807) is 4.68 Å². The van der Waals surface area contributed by atoms with Crippen molar-refractivity contribution in [2.24, 2.45) is 11.3 Å². The lowest BCUT2D eigenvalue weighted by molar-refractivity contribution is -0.141. The number of amides is 1. The first-order valence-corrected chi connectivity index (χ1v) is 9.29. The molecule has 3 rings (SSSR count). The number of likely N-dealkylation sites (tertiary alicyclic amines) is 1. The first-order chi connectivity index (χ1) is 12.2. The molecule has 1 aliphatic heterocycles. The monoisotopic (exact) mass is 360 g/mol. The smallest absolute Gasteiger partial charge is 0.281 e. The van der Waals surface area contributed by atoms with Crippen LogP contribution >= 0.6 is 0 Å². The third kappa shape index (κ3) is 3.64. The molecule has 1 amide bonds. The van der Waals surface area contributed by atoms with Gasteiger partial charge in [-0.1, -0.05) is 39.8 Å². The Morgan fingerprint density at radius 2 is 2.08 bits per heavy atom. The van der Waals surface area contributed by atoms with Gasteiger partial charge in [-0.25, -0.2) is 9.67 Å². The molecule has 1 saturated heterocycles. The molecule has 2 aromatic rings. The Bertz CT molecular complexity index is 861. The number of carbonyl (C=O) groups is 1. The number of hydrogen-bond acceptors (Lipinski definition) is 5. The normalized spacial score (nSPS) is 18.7. The Labute approximate surface area is 153 Å². The number of nitrogens with one attached hydrogen (secondary N) is 1. The third-order valence-electron chi connectivity index (χ3n) is 4.82. The number of piperidine rings is 1. The van der Waals surface area contributed by atoms with Gasteiger partial charge in [-0.3, -0.25) is 9.59 Å². The summed E-state index contributed by atoms with van der Waals surface area (Å²) in [6.07, 6.45) is 2.00. The van der Waals surface area contributed by atoms with E-state index in [4.69, 9.17) is 0 Å². The van der Waals surface area contributed by atoms with Crippen molar-refractivity contribution in [3.8, 4) is 0 Å². The zero-order chi connectivity index (χ0) is 19.1. The van der Waals surface area contributed by atoms with Gasteiger partial charge in [0, 0.05) is 31.0 Å². The van der Waals surface area contributed by atoms with E-state index in [0.717, 1.165) is 19.4 Å². The lowest BCUT2D eigenvalue weighted by Crippen LogP contribution is -2.46. The van der Waals surface area contributed by atoms with Crippen LogP contribution in [0.3, 0.4) is 0 Å². The molecule has 1 atom stereocenters. The topological polar surface area (TPSA) is 96.8 Å². The number of fused-ring (bicyclic) bond motifs is 1. The summed E-state index contributed by atoms with van der Waals surface area (Å²) in [4.78, 5) is 34.1. The molecular formula is C18H28N6O2. The van der Waals surface area contributed by atoms with Crippen LogP contribution in [-0.2, 0) is 11.3 Å². The summed E-state index contributed by atoms with van der Waals surface area (Å²) in [7, 11) is 0. The zero-order valence-electron chi connectivity index (χ0n) is 16.2. The minimum absolute atomic E-state index is 0.116. The Kier molecular flexibility index (Phi) is 4.86. The molecule has 2 aromatic heterocycles. The SMILES string of the molecule is CC(C)c1nc2c(nnn2C[C@@H]2CCCN(C(=O)C(C)(C)C)C2)c(=O)[nH]1. The fourth-order valence-corrected chi connectivity index (χ4v) is 3.40. The maximum Gasteiger partial charge on any atom is 0.281 e. The predicted molar refractivity (Wildman–Crippen MR) is 98.8 cm³/mol. The zero-order valence-corrected chi connectivity index (χ0v) is 16.2. The van der Waals surface area contributed by atoms with Crippen LogP contribution in [0.1, 0.15) is 59.2 Å². The summed E-state index contributed by atoms with van der Waals surface area (Å²) in [6.45, 7) is 11.9. The summed E-state index contributed by atoms with van der Waals surface area (Å²) in [6, 6.07) is 0. The number of rotatable bonds is 3. The quantitative estimate of drug-likeness (QED) is 0.902. The highest BCUT2D eigenvalue weighted by molar-refractivity contribution is 5.81. The van der Waals surface area contributed by atoms with Crippen LogP contribution in [0.25, 0.3) is 11.2 Å². The molecule has 142 valence electrons. The van der Waals surface area contributed by atoms with Gasteiger partial charge in [-0.05, 0) is 18.8 Å². The number of nitrogens with zero attached hydrogens (tertiary/aromatic N) is 5. The van der Waals surface area contributed by atoms with Crippen LogP contribution in [0.15, 0.2) is 4.79 Å². The average Bonchev–Trinajstić information content (AvgIpc) is 2.97. The van der Waals surface area contributed by atoms with Crippen molar-refractivity contribution >= 4 is 17.1 Å². The molecule has 0 saturated carbocycles. The Hall–Kier alpha value is -2.25. The second-order valence-electron chi connectivity index (χ2n) is 8.56. The Morgan fingerprint density at radius 1 is 1.35 bits per heavy atom. The molecule has 0 radical (unpaired) electrons. The lowest BCUT2D eigenvalue weighted by Gasteiger charge is -2.36. The van der Waals surface area contributed by atoms with Gasteiger partial charge in [0.25, 0.3) is 5.56 Å². The first kappa shape index (κ1) is 18.5. The highest BCUT2D eigenvalue weighted by Gasteiger charge is 2.31. The van der Waals surface area contributed by atoms with E-state index in [1.165, 1.54) is 0 Å². The van der Waals surface area contributed by atoms with E-state index in [1.807, 2.05) is 39.5 Å². The van der Waals surface area contributed by atoms with E-state index in [0.29, 0.717) is 24.6 Å². The summed E-state index contributed by atoms with van der Waals surface area (Å²) >= 11 is 0. The molecule has 26 heavy (non-hydrogen) atoms. The number of hydrogen-bond donors (Lipinski definition) is 1.